The van der Waals surface area contributed by atoms with E-state index in [1.165, 1.54) is 0 Å². The summed E-state index contributed by atoms with van der Waals surface area (Å²) >= 11 is 0. The summed E-state index contributed by atoms with van der Waals surface area (Å²) in [7, 11) is -2.15. The number of nitrogens with zero attached hydrogens (tertiary/aromatic N) is 1. The Morgan fingerprint density at radius 1 is 1.30 bits per heavy atom. The fourth-order valence-electron chi connectivity index (χ4n) is 8.52. The number of aliphatic hydroxyl groups excluding tert-OH is 1. The van der Waals surface area contributed by atoms with Gasteiger partial charge in [-0.15, -0.1) is 0 Å². The summed E-state index contributed by atoms with van der Waals surface area (Å²) in [5.74, 6) is -0.774. The lowest BCUT2D eigenvalue weighted by Gasteiger charge is -2.67. The zero-order valence-corrected chi connectivity index (χ0v) is 26.4. The molecule has 0 aromatic heterocycles. The highest BCUT2D eigenvalue weighted by Crippen LogP contribution is 2.74. The van der Waals surface area contributed by atoms with Gasteiger partial charge in [0.05, 0.1) is 25.0 Å². The maximum absolute atomic E-state index is 17.7. The van der Waals surface area contributed by atoms with Crippen LogP contribution < -0.4 is 5.43 Å². The van der Waals surface area contributed by atoms with Gasteiger partial charge in [0.2, 0.25) is 5.91 Å². The molecule has 0 aromatic rings. The van der Waals surface area contributed by atoms with E-state index >= 15 is 4.39 Å². The molecule has 8 atom stereocenters. The van der Waals surface area contributed by atoms with Gasteiger partial charge in [-0.1, -0.05) is 46.3 Å². The number of hydrazone groups is 1. The molecule has 1 amide bonds. The first-order chi connectivity index (χ1) is 18.5. The Morgan fingerprint density at radius 2 is 2.00 bits per heavy atom. The Hall–Kier alpha value is -1.68. The molecule has 1 saturated heterocycles. The third-order valence-electron chi connectivity index (χ3n) is 11.9. The number of hydrogen-bond acceptors (Lipinski definition) is 6. The van der Waals surface area contributed by atoms with Crippen LogP contribution in [0.15, 0.2) is 28.9 Å². The van der Waals surface area contributed by atoms with Gasteiger partial charge in [0.1, 0.15) is 5.60 Å². The molecular formula is C31H47FN2O5Si. The SMILES string of the molecule is CCC(=O)N/N=C1\C=C[C@@]2(C)C(=C1)CC[C@H]1[C@@H]3C[C@@H](C)[C@@]4(C(=O)CO[Si](C)(C)C(C)(C)C)OC[C@]34C[C@H](O)[C@@]12F. The maximum Gasteiger partial charge on any atom is 0.239 e. The monoisotopic (exact) mass is 574 g/mol. The Bertz CT molecular complexity index is 1190. The number of hydrogen-bond donors (Lipinski definition) is 2. The van der Waals surface area contributed by atoms with E-state index in [9.17, 15) is 14.7 Å². The minimum Gasteiger partial charge on any atom is -0.409 e. The zero-order chi connectivity index (χ0) is 29.5. The number of ketones is 1. The maximum atomic E-state index is 17.7. The molecule has 4 aliphatic carbocycles. The highest BCUT2D eigenvalue weighted by molar-refractivity contribution is 6.74. The molecule has 2 N–H and O–H groups in total. The summed E-state index contributed by atoms with van der Waals surface area (Å²) in [5.41, 5.74) is -0.492. The van der Waals surface area contributed by atoms with Gasteiger partial charge in [0.15, 0.2) is 19.8 Å². The second-order valence-corrected chi connectivity index (χ2v) is 19.5. The predicted molar refractivity (Wildman–Crippen MR) is 155 cm³/mol. The summed E-state index contributed by atoms with van der Waals surface area (Å²) in [6.07, 6.45) is 6.67. The number of ether oxygens (including phenoxy) is 1. The van der Waals surface area contributed by atoms with Crippen molar-refractivity contribution in [3.8, 4) is 0 Å². The van der Waals surface area contributed by atoms with Crippen molar-refractivity contribution >= 4 is 25.7 Å². The van der Waals surface area contributed by atoms with Crippen LogP contribution in [0.25, 0.3) is 0 Å². The molecule has 5 rings (SSSR count). The van der Waals surface area contributed by atoms with Crippen molar-refractivity contribution in [2.45, 2.75) is 109 Å². The van der Waals surface area contributed by atoms with Crippen molar-refractivity contribution in [2.24, 2.45) is 33.7 Å². The molecule has 3 saturated carbocycles. The number of Topliss-reactive ketones (excluding diaryl/α,β-unsaturated/α-hetero) is 1. The number of nitrogens with one attached hydrogen (secondary N) is 1. The van der Waals surface area contributed by atoms with E-state index in [0.29, 0.717) is 38.0 Å². The van der Waals surface area contributed by atoms with Crippen LogP contribution in [0, 0.1) is 28.6 Å². The molecule has 0 aromatic carbocycles. The molecule has 1 spiro atoms. The molecule has 222 valence electrons. The van der Waals surface area contributed by atoms with Crippen LogP contribution in [-0.2, 0) is 18.8 Å². The molecule has 7 nitrogen and oxygen atoms in total. The van der Waals surface area contributed by atoms with Gasteiger partial charge in [-0.05, 0) is 74.7 Å². The second-order valence-electron chi connectivity index (χ2n) is 14.7. The normalized spacial score (nSPS) is 43.1. The van der Waals surface area contributed by atoms with Crippen LogP contribution >= 0.6 is 0 Å². The number of halogens is 1. The third kappa shape index (κ3) is 3.79. The summed E-state index contributed by atoms with van der Waals surface area (Å²) in [6, 6.07) is 0. The first-order valence-corrected chi connectivity index (χ1v) is 17.9. The van der Waals surface area contributed by atoms with Gasteiger partial charge in [0.25, 0.3) is 0 Å². The first kappa shape index (κ1) is 29.8. The number of carbonyl (C=O) groups is 2. The van der Waals surface area contributed by atoms with Crippen LogP contribution in [0.4, 0.5) is 4.39 Å². The van der Waals surface area contributed by atoms with Gasteiger partial charge in [0, 0.05) is 23.2 Å². The van der Waals surface area contributed by atoms with Crippen LogP contribution in [0.5, 0.6) is 0 Å². The number of aliphatic hydroxyl groups is 1. The molecule has 1 aliphatic heterocycles. The van der Waals surface area contributed by atoms with Crippen molar-refractivity contribution in [1.82, 2.24) is 5.43 Å². The molecule has 0 unspecified atom stereocenters. The predicted octanol–water partition coefficient (Wildman–Crippen LogP) is 5.26. The molecule has 1 heterocycles. The minimum absolute atomic E-state index is 0.000845. The quantitative estimate of drug-likeness (QED) is 0.333. The van der Waals surface area contributed by atoms with E-state index in [0.717, 1.165) is 5.57 Å². The number of alkyl halides is 1. The van der Waals surface area contributed by atoms with Gasteiger partial charge in [-0.25, -0.2) is 9.82 Å². The Labute approximate surface area is 239 Å². The fourth-order valence-corrected chi connectivity index (χ4v) is 9.44. The molecule has 4 fully saturated rings. The highest BCUT2D eigenvalue weighted by Gasteiger charge is 2.81. The standard InChI is InChI=1S/C31H47FN2O5Si/c1-9-26(37)34-33-21-12-13-28(6)20(15-21)10-11-22-23-14-19(2)31(25(36)17-39-40(7,8)27(3,4)5)29(23,18-38-31)16-24(35)30(22,28)32/h12-13,15,19,22-24,35H,9-11,14,16-18H2,1-8H3,(H,34,37)/b33-21+/t19-,22+,23+,24+,28+,29-,30+,31+/m1/s1. The summed E-state index contributed by atoms with van der Waals surface area (Å²) in [5, 5.41) is 15.9. The summed E-state index contributed by atoms with van der Waals surface area (Å²) in [4.78, 5) is 25.7. The number of carbonyl (C=O) groups excluding carboxylic acids is 2. The highest BCUT2D eigenvalue weighted by atomic mass is 28.4. The molecule has 9 heteroatoms. The molecule has 5 aliphatic rings. The van der Waals surface area contributed by atoms with Crippen LogP contribution in [0.3, 0.4) is 0 Å². The molecule has 40 heavy (non-hydrogen) atoms. The Kier molecular flexibility index (Phi) is 7.01. The van der Waals surface area contributed by atoms with Crippen molar-refractivity contribution in [1.29, 1.82) is 0 Å². The third-order valence-corrected chi connectivity index (χ3v) is 16.4. The average molecular weight is 575 g/mol. The van der Waals surface area contributed by atoms with Crippen molar-refractivity contribution in [3.63, 3.8) is 0 Å². The van der Waals surface area contributed by atoms with E-state index in [1.54, 1.807) is 13.0 Å². The van der Waals surface area contributed by atoms with E-state index in [-0.39, 0.29) is 41.6 Å². The van der Waals surface area contributed by atoms with Crippen molar-refractivity contribution in [3.05, 3.63) is 23.8 Å². The first-order valence-electron chi connectivity index (χ1n) is 14.9. The molecule has 0 radical (unpaired) electrons. The lowest BCUT2D eigenvalue weighted by Crippen LogP contribution is -2.76. The molecule has 0 bridgehead atoms. The summed E-state index contributed by atoms with van der Waals surface area (Å²) < 4.78 is 30.3. The van der Waals surface area contributed by atoms with Gasteiger partial charge in [-0.2, -0.15) is 5.10 Å². The lowest BCUT2D eigenvalue weighted by atomic mass is 9.43. The number of amides is 1. The smallest absolute Gasteiger partial charge is 0.239 e. The average Bonchev–Trinajstić information content (AvgIpc) is 3.03. The van der Waals surface area contributed by atoms with Crippen molar-refractivity contribution in [2.75, 3.05) is 13.2 Å². The van der Waals surface area contributed by atoms with Crippen LogP contribution in [0.2, 0.25) is 18.1 Å². The van der Waals surface area contributed by atoms with Crippen molar-refractivity contribution < 1.29 is 28.2 Å². The fraction of sp³-hybridized carbons (Fsp3) is 0.774. The van der Waals surface area contributed by atoms with Gasteiger partial charge in [-0.3, -0.25) is 9.59 Å². The van der Waals surface area contributed by atoms with E-state index < -0.39 is 42.4 Å². The minimum atomic E-state index is -2.15. The largest absolute Gasteiger partial charge is 0.409 e. The van der Waals surface area contributed by atoms with E-state index in [1.807, 2.05) is 19.1 Å². The number of rotatable bonds is 6. The molecular weight excluding hydrogens is 527 g/mol. The van der Waals surface area contributed by atoms with E-state index in [4.69, 9.17) is 9.16 Å². The lowest BCUT2D eigenvalue weighted by molar-refractivity contribution is -0.309. The van der Waals surface area contributed by atoms with Gasteiger partial charge < -0.3 is 14.3 Å². The van der Waals surface area contributed by atoms with Crippen LogP contribution in [-0.4, -0.2) is 61.4 Å². The van der Waals surface area contributed by atoms with Crippen LogP contribution in [0.1, 0.15) is 73.6 Å². The number of allylic oxidation sites excluding steroid dienone is 4. The summed E-state index contributed by atoms with van der Waals surface area (Å²) in [6.45, 7) is 16.8. The van der Waals surface area contributed by atoms with Gasteiger partial charge >= 0.3 is 0 Å². The topological polar surface area (TPSA) is 97.2 Å². The Balaban J connectivity index is 1.44. The Morgan fingerprint density at radius 3 is 2.60 bits per heavy atom. The second kappa shape index (κ2) is 9.41. The van der Waals surface area contributed by atoms with E-state index in [2.05, 4.69) is 51.3 Å². The zero-order valence-electron chi connectivity index (χ0n) is 25.4. The number of fused-ring (bicyclic) bond motifs is 4.